The van der Waals surface area contributed by atoms with Gasteiger partial charge in [0.15, 0.2) is 0 Å². The summed E-state index contributed by atoms with van der Waals surface area (Å²) in [5, 5.41) is 10.9. The van der Waals surface area contributed by atoms with Gasteiger partial charge < -0.3 is 15.5 Å². The van der Waals surface area contributed by atoms with E-state index in [2.05, 4.69) is 20.6 Å². The minimum absolute atomic E-state index is 0.217. The second kappa shape index (κ2) is 8.36. The molecule has 1 fully saturated rings. The van der Waals surface area contributed by atoms with E-state index in [0.29, 0.717) is 12.2 Å². The predicted molar refractivity (Wildman–Crippen MR) is 86.2 cm³/mol. The second-order valence-electron chi connectivity index (χ2n) is 5.27. The van der Waals surface area contributed by atoms with Crippen molar-refractivity contribution < 1.29 is 0 Å². The van der Waals surface area contributed by atoms with Crippen molar-refractivity contribution in [1.82, 2.24) is 20.0 Å². The van der Waals surface area contributed by atoms with Gasteiger partial charge in [0.2, 0.25) is 0 Å². The lowest BCUT2D eigenvalue weighted by molar-refractivity contribution is 0.240. The number of aromatic nitrogens is 2. The fourth-order valence-electron chi connectivity index (χ4n) is 2.42. The number of piperazine rings is 1. The van der Waals surface area contributed by atoms with E-state index in [9.17, 15) is 4.79 Å². The molecule has 0 atom stereocenters. The topological polar surface area (TPSA) is 62.2 Å². The number of anilines is 1. The van der Waals surface area contributed by atoms with E-state index < -0.39 is 0 Å². The normalized spacial score (nSPS) is 16.1. The molecule has 0 radical (unpaired) electrons. The Balaban J connectivity index is 1.80. The molecule has 7 heteroatoms. The Kier molecular flexibility index (Phi) is 6.48. The zero-order chi connectivity index (χ0) is 15.1. The SMILES string of the molecule is CCCn1ncc(NCCCN2CCNCC2)c(Cl)c1=O. The zero-order valence-electron chi connectivity index (χ0n) is 12.6. The molecule has 0 aliphatic carbocycles. The van der Waals surface area contributed by atoms with E-state index in [0.717, 1.165) is 52.1 Å². The Morgan fingerprint density at radius 1 is 1.38 bits per heavy atom. The van der Waals surface area contributed by atoms with E-state index >= 15 is 0 Å². The summed E-state index contributed by atoms with van der Waals surface area (Å²) in [7, 11) is 0. The Labute approximate surface area is 130 Å². The molecule has 2 heterocycles. The molecular formula is C14H24ClN5O. The van der Waals surface area contributed by atoms with Gasteiger partial charge in [-0.15, -0.1) is 0 Å². The van der Waals surface area contributed by atoms with Crippen LogP contribution in [0.4, 0.5) is 5.69 Å². The van der Waals surface area contributed by atoms with Gasteiger partial charge in [0, 0.05) is 39.3 Å². The molecular weight excluding hydrogens is 290 g/mol. The van der Waals surface area contributed by atoms with Crippen molar-refractivity contribution in [2.45, 2.75) is 26.3 Å². The van der Waals surface area contributed by atoms with Gasteiger partial charge in [-0.05, 0) is 19.4 Å². The van der Waals surface area contributed by atoms with Crippen LogP contribution in [0.3, 0.4) is 0 Å². The molecule has 1 aromatic heterocycles. The van der Waals surface area contributed by atoms with Crippen LogP contribution in [0.1, 0.15) is 19.8 Å². The van der Waals surface area contributed by atoms with Gasteiger partial charge in [-0.25, -0.2) is 4.68 Å². The van der Waals surface area contributed by atoms with Crippen LogP contribution in [0.5, 0.6) is 0 Å². The van der Waals surface area contributed by atoms with E-state index in [1.807, 2.05) is 6.92 Å². The minimum atomic E-state index is -0.217. The highest BCUT2D eigenvalue weighted by Gasteiger charge is 2.10. The molecule has 6 nitrogen and oxygen atoms in total. The number of rotatable bonds is 7. The minimum Gasteiger partial charge on any atom is -0.382 e. The van der Waals surface area contributed by atoms with Crippen molar-refractivity contribution in [1.29, 1.82) is 0 Å². The first-order valence-electron chi connectivity index (χ1n) is 7.65. The first-order chi connectivity index (χ1) is 10.2. The Bertz CT molecular complexity index is 499. The lowest BCUT2D eigenvalue weighted by Gasteiger charge is -2.27. The molecule has 1 aliphatic rings. The monoisotopic (exact) mass is 313 g/mol. The molecule has 0 unspecified atom stereocenters. The maximum atomic E-state index is 12.0. The molecule has 0 amide bonds. The van der Waals surface area contributed by atoms with Crippen LogP contribution in [0.15, 0.2) is 11.0 Å². The van der Waals surface area contributed by atoms with Gasteiger partial charge >= 0.3 is 0 Å². The molecule has 118 valence electrons. The molecule has 0 bridgehead atoms. The van der Waals surface area contributed by atoms with Crippen molar-refractivity contribution in [2.24, 2.45) is 0 Å². The standard InChI is InChI=1S/C14H24ClN5O/c1-2-7-20-14(21)13(15)12(11-18-20)17-4-3-8-19-9-5-16-6-10-19/h11,16-17H,2-10H2,1H3. The third-order valence-corrected chi connectivity index (χ3v) is 3.96. The van der Waals surface area contributed by atoms with Crippen molar-refractivity contribution in [3.05, 3.63) is 21.6 Å². The van der Waals surface area contributed by atoms with E-state index in [4.69, 9.17) is 11.6 Å². The van der Waals surface area contributed by atoms with Gasteiger partial charge in [-0.1, -0.05) is 18.5 Å². The summed E-state index contributed by atoms with van der Waals surface area (Å²) >= 11 is 6.11. The number of nitrogens with one attached hydrogen (secondary N) is 2. The van der Waals surface area contributed by atoms with Crippen molar-refractivity contribution in [2.75, 3.05) is 44.6 Å². The number of nitrogens with zero attached hydrogens (tertiary/aromatic N) is 3. The molecule has 2 rings (SSSR count). The number of hydrogen-bond donors (Lipinski definition) is 2. The average molecular weight is 314 g/mol. The molecule has 1 saturated heterocycles. The molecule has 21 heavy (non-hydrogen) atoms. The molecule has 0 spiro atoms. The van der Waals surface area contributed by atoms with Crippen molar-refractivity contribution in [3.63, 3.8) is 0 Å². The smallest absolute Gasteiger partial charge is 0.287 e. The highest BCUT2D eigenvalue weighted by Crippen LogP contribution is 2.15. The predicted octanol–water partition coefficient (Wildman–Crippen LogP) is 1.01. The van der Waals surface area contributed by atoms with Gasteiger partial charge in [0.1, 0.15) is 5.02 Å². The second-order valence-corrected chi connectivity index (χ2v) is 5.65. The van der Waals surface area contributed by atoms with Crippen LogP contribution >= 0.6 is 11.6 Å². The maximum Gasteiger partial charge on any atom is 0.287 e. The van der Waals surface area contributed by atoms with Crippen LogP contribution < -0.4 is 16.2 Å². The van der Waals surface area contributed by atoms with Crippen LogP contribution in [0.25, 0.3) is 0 Å². The highest BCUT2D eigenvalue weighted by molar-refractivity contribution is 6.32. The third-order valence-electron chi connectivity index (χ3n) is 3.60. The Morgan fingerprint density at radius 3 is 2.86 bits per heavy atom. The van der Waals surface area contributed by atoms with E-state index in [-0.39, 0.29) is 10.6 Å². The maximum absolute atomic E-state index is 12.0. The van der Waals surface area contributed by atoms with E-state index in [1.165, 1.54) is 4.68 Å². The van der Waals surface area contributed by atoms with Crippen LogP contribution in [-0.4, -0.2) is 53.9 Å². The summed E-state index contributed by atoms with van der Waals surface area (Å²) in [6.45, 7) is 8.81. The summed E-state index contributed by atoms with van der Waals surface area (Å²) in [4.78, 5) is 14.4. The van der Waals surface area contributed by atoms with Gasteiger partial charge in [0.05, 0.1) is 11.9 Å². The number of hydrogen-bond acceptors (Lipinski definition) is 5. The summed E-state index contributed by atoms with van der Waals surface area (Å²) in [5.41, 5.74) is 0.417. The molecule has 1 aliphatic heterocycles. The summed E-state index contributed by atoms with van der Waals surface area (Å²) in [5.74, 6) is 0. The quantitative estimate of drug-likeness (QED) is 0.736. The zero-order valence-corrected chi connectivity index (χ0v) is 13.3. The van der Waals surface area contributed by atoms with E-state index in [1.54, 1.807) is 6.20 Å². The first kappa shape index (κ1) is 16.3. The highest BCUT2D eigenvalue weighted by atomic mass is 35.5. The lowest BCUT2D eigenvalue weighted by atomic mass is 10.3. The Morgan fingerprint density at radius 2 is 2.14 bits per heavy atom. The fraction of sp³-hybridized carbons (Fsp3) is 0.714. The average Bonchev–Trinajstić information content (AvgIpc) is 2.51. The van der Waals surface area contributed by atoms with Crippen molar-refractivity contribution >= 4 is 17.3 Å². The largest absolute Gasteiger partial charge is 0.382 e. The van der Waals surface area contributed by atoms with Crippen LogP contribution in [0.2, 0.25) is 5.02 Å². The summed E-state index contributed by atoms with van der Waals surface area (Å²) in [6.07, 6.45) is 3.53. The molecule has 1 aromatic rings. The van der Waals surface area contributed by atoms with Gasteiger partial charge in [-0.2, -0.15) is 5.10 Å². The molecule has 0 aromatic carbocycles. The van der Waals surface area contributed by atoms with Gasteiger partial charge in [-0.3, -0.25) is 4.79 Å². The number of aryl methyl sites for hydroxylation is 1. The third kappa shape index (κ3) is 4.69. The van der Waals surface area contributed by atoms with Gasteiger partial charge in [0.25, 0.3) is 5.56 Å². The molecule has 0 saturated carbocycles. The fourth-order valence-corrected chi connectivity index (χ4v) is 2.63. The Hall–Kier alpha value is -1.11. The van der Waals surface area contributed by atoms with Crippen molar-refractivity contribution in [3.8, 4) is 0 Å². The van der Waals surface area contributed by atoms with Crippen LogP contribution in [-0.2, 0) is 6.54 Å². The number of halogens is 1. The summed E-state index contributed by atoms with van der Waals surface area (Å²) < 4.78 is 1.41. The first-order valence-corrected chi connectivity index (χ1v) is 8.02. The molecule has 2 N–H and O–H groups in total. The summed E-state index contributed by atoms with van der Waals surface area (Å²) in [6, 6.07) is 0. The van der Waals surface area contributed by atoms with Crippen LogP contribution in [0, 0.1) is 0 Å². The lowest BCUT2D eigenvalue weighted by Crippen LogP contribution is -2.44.